The zero-order valence-corrected chi connectivity index (χ0v) is 5.31. The van der Waals surface area contributed by atoms with Crippen LogP contribution < -0.4 is 0 Å². The molecule has 44 valence electrons. The Morgan fingerprint density at radius 1 is 1.43 bits per heavy atom. The van der Waals surface area contributed by atoms with E-state index >= 15 is 0 Å². The summed E-state index contributed by atoms with van der Waals surface area (Å²) in [5.74, 6) is 0.458. The summed E-state index contributed by atoms with van der Waals surface area (Å²) in [4.78, 5) is 0. The van der Waals surface area contributed by atoms with Gasteiger partial charge in [-0.05, 0) is 12.8 Å². The summed E-state index contributed by atoms with van der Waals surface area (Å²) in [6, 6.07) is 0. The van der Waals surface area contributed by atoms with Gasteiger partial charge in [-0.2, -0.15) is 0 Å². The van der Waals surface area contributed by atoms with E-state index in [4.69, 9.17) is 5.11 Å². The molecule has 0 spiro atoms. The summed E-state index contributed by atoms with van der Waals surface area (Å²) in [6.45, 7) is 5.95. The first-order valence-corrected chi connectivity index (χ1v) is 2.86. The molecule has 1 nitrogen and oxygen atoms in total. The summed E-state index contributed by atoms with van der Waals surface area (Å²) >= 11 is 0. The molecule has 0 heterocycles. The van der Waals surface area contributed by atoms with E-state index in [1.807, 2.05) is 13.8 Å². The molecular weight excluding hydrogens is 88.1 g/mol. The Morgan fingerprint density at radius 3 is 1.86 bits per heavy atom. The molecule has 0 aromatic carbocycles. The highest BCUT2D eigenvalue weighted by atomic mass is 16.3. The maximum atomic E-state index is 8.82. The van der Waals surface area contributed by atoms with Crippen LogP contribution in [0.25, 0.3) is 0 Å². The Morgan fingerprint density at radius 2 is 1.86 bits per heavy atom. The van der Waals surface area contributed by atoms with E-state index < -0.39 is 0 Å². The molecule has 0 radical (unpaired) electrons. The average molecular weight is 102 g/mol. The van der Waals surface area contributed by atoms with E-state index in [0.717, 1.165) is 6.42 Å². The van der Waals surface area contributed by atoms with Crippen molar-refractivity contribution in [1.29, 1.82) is 0 Å². The fourth-order valence-electron chi connectivity index (χ4n) is 0.341. The Balaban J connectivity index is 3.14. The molecule has 0 aromatic heterocycles. The molecule has 0 saturated heterocycles. The number of rotatable bonds is 2. The first-order valence-electron chi connectivity index (χ1n) is 2.86. The predicted molar refractivity (Wildman–Crippen MR) is 31.1 cm³/mol. The lowest BCUT2D eigenvalue weighted by molar-refractivity contribution is 0.133. The van der Waals surface area contributed by atoms with E-state index in [2.05, 4.69) is 6.92 Å². The van der Waals surface area contributed by atoms with Crippen LogP contribution in [0.15, 0.2) is 0 Å². The highest BCUT2D eigenvalue weighted by Crippen LogP contribution is 2.04. The largest absolute Gasteiger partial charge is 0.393 e. The fraction of sp³-hybridized carbons (Fsp3) is 1.00. The summed E-state index contributed by atoms with van der Waals surface area (Å²) in [7, 11) is 0. The van der Waals surface area contributed by atoms with E-state index in [0.29, 0.717) is 5.92 Å². The zero-order chi connectivity index (χ0) is 5.86. The Bertz CT molecular complexity index is 41.4. The summed E-state index contributed by atoms with van der Waals surface area (Å²) in [5.41, 5.74) is 0. The molecule has 0 fully saturated rings. The molecular formula is C6H14O. The lowest BCUT2D eigenvalue weighted by atomic mass is 10.0. The van der Waals surface area contributed by atoms with Gasteiger partial charge >= 0.3 is 0 Å². The summed E-state index contributed by atoms with van der Waals surface area (Å²) in [5, 5.41) is 8.82. The van der Waals surface area contributed by atoms with Gasteiger partial charge in [-0.3, -0.25) is 0 Å². The third-order valence-corrected chi connectivity index (χ3v) is 1.47. The van der Waals surface area contributed by atoms with Crippen LogP contribution in [0.5, 0.6) is 0 Å². The van der Waals surface area contributed by atoms with E-state index in [-0.39, 0.29) is 6.10 Å². The van der Waals surface area contributed by atoms with Crippen LogP contribution >= 0.6 is 0 Å². The Labute approximate surface area is 45.4 Å². The van der Waals surface area contributed by atoms with Crippen molar-refractivity contribution in [2.24, 2.45) is 5.92 Å². The Hall–Kier alpha value is -0.0400. The molecule has 0 aromatic rings. The number of hydrogen-bond donors (Lipinski definition) is 1. The van der Waals surface area contributed by atoms with Crippen LogP contribution in [0.4, 0.5) is 0 Å². The van der Waals surface area contributed by atoms with Gasteiger partial charge in [0.1, 0.15) is 0 Å². The number of hydrogen-bond acceptors (Lipinski definition) is 1. The van der Waals surface area contributed by atoms with Crippen molar-refractivity contribution in [2.75, 3.05) is 0 Å². The van der Waals surface area contributed by atoms with Gasteiger partial charge < -0.3 is 5.11 Å². The van der Waals surface area contributed by atoms with Crippen molar-refractivity contribution in [3.05, 3.63) is 0 Å². The SMILES string of the molecule is CC[C@@H](C)C(C)O. The van der Waals surface area contributed by atoms with Crippen LogP contribution in [0.3, 0.4) is 0 Å². The van der Waals surface area contributed by atoms with Gasteiger partial charge in [0.15, 0.2) is 0 Å². The standard InChI is InChI=1S/C6H14O/c1-4-5(2)6(3)7/h5-7H,4H2,1-3H3/t5-,6?/m1/s1. The molecule has 1 N–H and O–H groups in total. The van der Waals surface area contributed by atoms with Crippen LogP contribution in [0, 0.1) is 5.92 Å². The first-order chi connectivity index (χ1) is 3.18. The van der Waals surface area contributed by atoms with Crippen molar-refractivity contribution in [1.82, 2.24) is 0 Å². The Kier molecular flexibility index (Phi) is 3.01. The lowest BCUT2D eigenvalue weighted by Crippen LogP contribution is -2.10. The van der Waals surface area contributed by atoms with Gasteiger partial charge in [0.25, 0.3) is 0 Å². The van der Waals surface area contributed by atoms with Crippen LogP contribution in [0.1, 0.15) is 27.2 Å². The number of aliphatic hydroxyl groups is 1. The quantitative estimate of drug-likeness (QED) is 0.559. The smallest absolute Gasteiger partial charge is 0.0537 e. The third kappa shape index (κ3) is 2.63. The van der Waals surface area contributed by atoms with Crippen LogP contribution in [-0.4, -0.2) is 11.2 Å². The van der Waals surface area contributed by atoms with Gasteiger partial charge in [0.05, 0.1) is 6.10 Å². The maximum absolute atomic E-state index is 8.82. The van der Waals surface area contributed by atoms with Crippen molar-refractivity contribution < 1.29 is 5.11 Å². The topological polar surface area (TPSA) is 20.2 Å². The molecule has 7 heavy (non-hydrogen) atoms. The predicted octanol–water partition coefficient (Wildman–Crippen LogP) is 1.41. The molecule has 0 aliphatic carbocycles. The second-order valence-electron chi connectivity index (χ2n) is 2.13. The summed E-state index contributed by atoms with van der Waals surface area (Å²) in [6.07, 6.45) is 0.933. The molecule has 0 bridgehead atoms. The minimum absolute atomic E-state index is 0.134. The molecule has 1 heteroatoms. The van der Waals surface area contributed by atoms with Gasteiger partial charge in [-0.15, -0.1) is 0 Å². The molecule has 0 saturated carbocycles. The van der Waals surface area contributed by atoms with Gasteiger partial charge in [0.2, 0.25) is 0 Å². The van der Waals surface area contributed by atoms with E-state index in [9.17, 15) is 0 Å². The van der Waals surface area contributed by atoms with Gasteiger partial charge in [-0.25, -0.2) is 0 Å². The third-order valence-electron chi connectivity index (χ3n) is 1.47. The van der Waals surface area contributed by atoms with Gasteiger partial charge in [0, 0.05) is 0 Å². The van der Waals surface area contributed by atoms with Crippen molar-refractivity contribution >= 4 is 0 Å². The second-order valence-corrected chi connectivity index (χ2v) is 2.13. The molecule has 2 atom stereocenters. The second kappa shape index (κ2) is 3.03. The van der Waals surface area contributed by atoms with E-state index in [1.54, 1.807) is 0 Å². The van der Waals surface area contributed by atoms with E-state index in [1.165, 1.54) is 0 Å². The molecule has 0 aliphatic heterocycles. The first kappa shape index (κ1) is 6.96. The molecule has 0 rings (SSSR count). The minimum atomic E-state index is -0.134. The fourth-order valence-corrected chi connectivity index (χ4v) is 0.341. The highest BCUT2D eigenvalue weighted by Gasteiger charge is 2.03. The van der Waals surface area contributed by atoms with Crippen molar-refractivity contribution in [3.63, 3.8) is 0 Å². The average Bonchev–Trinajstić information content (AvgIpc) is 1.65. The molecule has 0 aliphatic rings. The van der Waals surface area contributed by atoms with Crippen LogP contribution in [0.2, 0.25) is 0 Å². The minimum Gasteiger partial charge on any atom is -0.393 e. The maximum Gasteiger partial charge on any atom is 0.0537 e. The van der Waals surface area contributed by atoms with Crippen molar-refractivity contribution in [2.45, 2.75) is 33.3 Å². The monoisotopic (exact) mass is 102 g/mol. The number of aliphatic hydroxyl groups excluding tert-OH is 1. The molecule has 0 amide bonds. The lowest BCUT2D eigenvalue weighted by Gasteiger charge is -2.09. The zero-order valence-electron chi connectivity index (χ0n) is 5.31. The van der Waals surface area contributed by atoms with Gasteiger partial charge in [-0.1, -0.05) is 20.3 Å². The molecule has 1 unspecified atom stereocenters. The van der Waals surface area contributed by atoms with Crippen LogP contribution in [-0.2, 0) is 0 Å². The van der Waals surface area contributed by atoms with Crippen molar-refractivity contribution in [3.8, 4) is 0 Å². The summed E-state index contributed by atoms with van der Waals surface area (Å²) < 4.78 is 0. The normalized spacial score (nSPS) is 18.9. The highest BCUT2D eigenvalue weighted by molar-refractivity contribution is 4.54.